The molecule has 1 unspecified atom stereocenters. The second-order valence-electron chi connectivity index (χ2n) is 3.99. The molecule has 0 fully saturated rings. The molecule has 90 valence electrons. The Morgan fingerprint density at radius 2 is 1.94 bits per heavy atom. The number of fused-ring (bicyclic) bond motifs is 1. The Hall–Kier alpha value is -2.34. The molecule has 1 aromatic carbocycles. The van der Waals surface area contributed by atoms with Gasteiger partial charge in [0.25, 0.3) is 0 Å². The monoisotopic (exact) mass is 241 g/mol. The second kappa shape index (κ2) is 4.15. The van der Waals surface area contributed by atoms with Gasteiger partial charge in [-0.2, -0.15) is 0 Å². The highest BCUT2D eigenvalue weighted by Gasteiger charge is 2.08. The fourth-order valence-electron chi connectivity index (χ4n) is 1.69. The topological polar surface area (TPSA) is 76.7 Å². The van der Waals surface area contributed by atoms with Crippen molar-refractivity contribution in [2.45, 2.75) is 13.0 Å². The third-order valence-corrected chi connectivity index (χ3v) is 2.66. The predicted molar refractivity (Wildman–Crippen MR) is 65.1 cm³/mol. The average molecular weight is 241 g/mol. The summed E-state index contributed by atoms with van der Waals surface area (Å²) in [6.45, 7) is 1.65. The molecule has 0 aliphatic rings. The van der Waals surface area contributed by atoms with E-state index in [2.05, 4.69) is 20.3 Å². The zero-order valence-corrected chi connectivity index (χ0v) is 9.72. The minimum absolute atomic E-state index is 0.536. The van der Waals surface area contributed by atoms with E-state index in [9.17, 15) is 5.11 Å². The molecule has 0 aliphatic heterocycles. The first-order valence-corrected chi connectivity index (χ1v) is 5.55. The summed E-state index contributed by atoms with van der Waals surface area (Å²) in [6.07, 6.45) is 4.37. The first kappa shape index (κ1) is 10.8. The number of aromatic nitrogens is 5. The summed E-state index contributed by atoms with van der Waals surface area (Å²) in [7, 11) is 0. The van der Waals surface area contributed by atoms with Crippen molar-refractivity contribution in [1.82, 2.24) is 25.0 Å². The number of nitrogens with zero attached hydrogens (tertiary/aromatic N) is 5. The number of benzene rings is 1. The van der Waals surface area contributed by atoms with Crippen molar-refractivity contribution in [3.63, 3.8) is 0 Å². The van der Waals surface area contributed by atoms with E-state index in [4.69, 9.17) is 0 Å². The van der Waals surface area contributed by atoms with Crippen molar-refractivity contribution in [1.29, 1.82) is 0 Å². The maximum atomic E-state index is 9.42. The quantitative estimate of drug-likeness (QED) is 0.731. The Morgan fingerprint density at radius 1 is 1.17 bits per heavy atom. The molecule has 3 rings (SSSR count). The maximum Gasteiger partial charge on any atom is 0.111 e. The molecule has 6 nitrogen and oxygen atoms in total. The molecule has 0 saturated heterocycles. The first-order valence-electron chi connectivity index (χ1n) is 5.55. The van der Waals surface area contributed by atoms with Gasteiger partial charge in [0.15, 0.2) is 0 Å². The smallest absolute Gasteiger partial charge is 0.111 e. The third kappa shape index (κ3) is 1.82. The van der Waals surface area contributed by atoms with Gasteiger partial charge in [-0.05, 0) is 25.1 Å². The summed E-state index contributed by atoms with van der Waals surface area (Å²) < 4.78 is 1.61. The van der Waals surface area contributed by atoms with Crippen LogP contribution in [0.25, 0.3) is 16.7 Å². The number of aliphatic hydroxyl groups excluding tert-OH is 1. The predicted octanol–water partition coefficient (Wildman–Crippen LogP) is 1.26. The van der Waals surface area contributed by atoms with Gasteiger partial charge in [-0.1, -0.05) is 5.21 Å². The van der Waals surface area contributed by atoms with Crippen molar-refractivity contribution in [3.05, 3.63) is 42.5 Å². The summed E-state index contributed by atoms with van der Waals surface area (Å²) in [4.78, 5) is 8.44. The normalized spacial score (nSPS) is 12.8. The number of rotatable bonds is 2. The Kier molecular flexibility index (Phi) is 2.49. The minimum Gasteiger partial charge on any atom is -0.387 e. The van der Waals surface area contributed by atoms with Crippen LogP contribution in [0.3, 0.4) is 0 Å². The van der Waals surface area contributed by atoms with Crippen molar-refractivity contribution in [2.75, 3.05) is 0 Å². The van der Waals surface area contributed by atoms with Crippen LogP contribution in [0.5, 0.6) is 0 Å². The van der Waals surface area contributed by atoms with Gasteiger partial charge in [0, 0.05) is 12.4 Å². The molecule has 0 bridgehead atoms. The van der Waals surface area contributed by atoms with Gasteiger partial charge in [0.2, 0.25) is 0 Å². The van der Waals surface area contributed by atoms with Gasteiger partial charge in [-0.15, -0.1) is 5.10 Å². The number of hydrogen-bond donors (Lipinski definition) is 1. The summed E-state index contributed by atoms with van der Waals surface area (Å²) in [5.41, 5.74) is 3.00. The highest BCUT2D eigenvalue weighted by Crippen LogP contribution is 2.15. The largest absolute Gasteiger partial charge is 0.387 e. The van der Waals surface area contributed by atoms with E-state index < -0.39 is 6.10 Å². The molecule has 2 aromatic heterocycles. The van der Waals surface area contributed by atoms with Crippen LogP contribution >= 0.6 is 0 Å². The molecule has 18 heavy (non-hydrogen) atoms. The van der Waals surface area contributed by atoms with Crippen molar-refractivity contribution >= 4 is 11.0 Å². The Labute approximate surface area is 103 Å². The van der Waals surface area contributed by atoms with E-state index in [1.165, 1.54) is 0 Å². The van der Waals surface area contributed by atoms with Crippen LogP contribution in [0.2, 0.25) is 0 Å². The van der Waals surface area contributed by atoms with Crippen LogP contribution in [0, 0.1) is 0 Å². The van der Waals surface area contributed by atoms with Gasteiger partial charge in [-0.3, -0.25) is 9.97 Å². The summed E-state index contributed by atoms with van der Waals surface area (Å²) in [6, 6.07) is 5.64. The second-order valence-corrected chi connectivity index (χ2v) is 3.99. The minimum atomic E-state index is -0.626. The van der Waals surface area contributed by atoms with E-state index in [-0.39, 0.29) is 0 Å². The molecular formula is C12H11N5O. The van der Waals surface area contributed by atoms with Gasteiger partial charge >= 0.3 is 0 Å². The number of aliphatic hydroxyl groups is 1. The first-order chi connectivity index (χ1) is 8.74. The lowest BCUT2D eigenvalue weighted by Crippen LogP contribution is -1.95. The number of hydrogen-bond acceptors (Lipinski definition) is 5. The lowest BCUT2D eigenvalue weighted by molar-refractivity contribution is 0.194. The lowest BCUT2D eigenvalue weighted by atomic mass is 10.2. The zero-order valence-electron chi connectivity index (χ0n) is 9.72. The lowest BCUT2D eigenvalue weighted by Gasteiger charge is -2.01. The van der Waals surface area contributed by atoms with E-state index in [0.29, 0.717) is 5.69 Å². The van der Waals surface area contributed by atoms with Crippen LogP contribution in [-0.2, 0) is 0 Å². The van der Waals surface area contributed by atoms with Crippen LogP contribution in [0.4, 0.5) is 0 Å². The van der Waals surface area contributed by atoms with E-state index in [1.54, 1.807) is 30.2 Å². The van der Waals surface area contributed by atoms with E-state index in [1.807, 2.05) is 18.2 Å². The SMILES string of the molecule is CC(O)c1cn(-c2ccc3nccnc3c2)nn1. The molecule has 0 radical (unpaired) electrons. The van der Waals surface area contributed by atoms with E-state index in [0.717, 1.165) is 16.7 Å². The van der Waals surface area contributed by atoms with Crippen LogP contribution < -0.4 is 0 Å². The summed E-state index contributed by atoms with van der Waals surface area (Å²) in [5.74, 6) is 0. The molecular weight excluding hydrogens is 230 g/mol. The molecule has 0 saturated carbocycles. The van der Waals surface area contributed by atoms with E-state index >= 15 is 0 Å². The standard InChI is InChI=1S/C12H11N5O/c1-8(18)12-7-17(16-15-12)9-2-3-10-11(6-9)14-5-4-13-10/h2-8,18H,1H3. The average Bonchev–Trinajstić information content (AvgIpc) is 2.88. The van der Waals surface area contributed by atoms with Crippen LogP contribution in [0.1, 0.15) is 18.7 Å². The third-order valence-electron chi connectivity index (χ3n) is 2.66. The molecule has 0 amide bonds. The molecule has 6 heteroatoms. The van der Waals surface area contributed by atoms with Gasteiger partial charge in [0.1, 0.15) is 5.69 Å². The summed E-state index contributed by atoms with van der Waals surface area (Å²) in [5, 5.41) is 17.3. The fraction of sp³-hybridized carbons (Fsp3) is 0.167. The van der Waals surface area contributed by atoms with Crippen molar-refractivity contribution < 1.29 is 5.11 Å². The molecule has 0 aliphatic carbocycles. The molecule has 3 aromatic rings. The molecule has 2 heterocycles. The van der Waals surface area contributed by atoms with Crippen molar-refractivity contribution in [2.24, 2.45) is 0 Å². The van der Waals surface area contributed by atoms with Crippen LogP contribution in [-0.4, -0.2) is 30.1 Å². The van der Waals surface area contributed by atoms with Crippen LogP contribution in [0.15, 0.2) is 36.8 Å². The maximum absolute atomic E-state index is 9.42. The van der Waals surface area contributed by atoms with Gasteiger partial charge in [0.05, 0.1) is 29.0 Å². The Bertz CT molecular complexity index is 692. The molecule has 1 N–H and O–H groups in total. The van der Waals surface area contributed by atoms with Crippen molar-refractivity contribution in [3.8, 4) is 5.69 Å². The Morgan fingerprint density at radius 3 is 2.67 bits per heavy atom. The highest BCUT2D eigenvalue weighted by molar-refractivity contribution is 5.76. The zero-order chi connectivity index (χ0) is 12.5. The van der Waals surface area contributed by atoms with Gasteiger partial charge < -0.3 is 5.11 Å². The van der Waals surface area contributed by atoms with Gasteiger partial charge in [-0.25, -0.2) is 4.68 Å². The molecule has 0 spiro atoms. The highest BCUT2D eigenvalue weighted by atomic mass is 16.3. The fourth-order valence-corrected chi connectivity index (χ4v) is 1.69. The summed E-state index contributed by atoms with van der Waals surface area (Å²) >= 11 is 0. The Balaban J connectivity index is 2.07. The molecule has 1 atom stereocenters.